The summed E-state index contributed by atoms with van der Waals surface area (Å²) in [7, 11) is 0. The largest absolute Gasteiger partial charge is 0.464 e. The van der Waals surface area contributed by atoms with E-state index < -0.39 is 36.9 Å². The first kappa shape index (κ1) is 19.2. The van der Waals surface area contributed by atoms with Crippen molar-refractivity contribution in [3.05, 3.63) is 53.4 Å². The van der Waals surface area contributed by atoms with Crippen molar-refractivity contribution in [2.75, 3.05) is 6.61 Å². The number of carbonyl (C=O) groups is 1. The van der Waals surface area contributed by atoms with Gasteiger partial charge in [0.15, 0.2) is 5.76 Å². The van der Waals surface area contributed by atoms with E-state index in [9.17, 15) is 9.90 Å². The van der Waals surface area contributed by atoms with Gasteiger partial charge in [0.25, 0.3) is 0 Å². The quantitative estimate of drug-likeness (QED) is 0.796. The van der Waals surface area contributed by atoms with Gasteiger partial charge in [0.1, 0.15) is 30.1 Å². The second kappa shape index (κ2) is 8.10. The van der Waals surface area contributed by atoms with Crippen molar-refractivity contribution in [2.24, 2.45) is 0 Å². The zero-order chi connectivity index (χ0) is 19.7. The summed E-state index contributed by atoms with van der Waals surface area (Å²) in [6, 6.07) is 9.45. The summed E-state index contributed by atoms with van der Waals surface area (Å²) < 4.78 is 28.6. The normalized spacial score (nSPS) is 32.4. The van der Waals surface area contributed by atoms with Gasteiger partial charge in [0.2, 0.25) is 18.5 Å². The molecule has 150 valence electrons. The highest BCUT2D eigenvalue weighted by atomic mass is 35.5. The second-order valence-electron chi connectivity index (χ2n) is 6.59. The smallest absolute Gasteiger partial charge is 0.223 e. The predicted molar refractivity (Wildman–Crippen MR) is 96.6 cm³/mol. The number of aliphatic hydroxyl groups is 1. The van der Waals surface area contributed by atoms with E-state index in [1.807, 2.05) is 0 Å². The molecule has 1 amide bonds. The first-order chi connectivity index (χ1) is 13.5. The molecule has 1 aromatic heterocycles. The van der Waals surface area contributed by atoms with Crippen LogP contribution in [0.2, 0.25) is 5.02 Å². The number of hydrogen-bond donors (Lipinski definition) is 2. The number of furan rings is 1. The Morgan fingerprint density at radius 1 is 1.25 bits per heavy atom. The first-order valence-electron chi connectivity index (χ1n) is 8.85. The molecule has 0 bridgehead atoms. The molecule has 0 radical (unpaired) electrons. The summed E-state index contributed by atoms with van der Waals surface area (Å²) in [4.78, 5) is 11.7. The Balaban J connectivity index is 1.55. The highest BCUT2D eigenvalue weighted by Gasteiger charge is 2.51. The van der Waals surface area contributed by atoms with Crippen LogP contribution in [0.1, 0.15) is 19.0 Å². The Bertz CT molecular complexity index is 814. The number of para-hydroxylation sites is 1. The van der Waals surface area contributed by atoms with Gasteiger partial charge in [-0.1, -0.05) is 23.7 Å². The van der Waals surface area contributed by atoms with Gasteiger partial charge < -0.3 is 33.8 Å². The van der Waals surface area contributed by atoms with E-state index in [1.54, 1.807) is 36.4 Å². The van der Waals surface area contributed by atoms with Crippen molar-refractivity contribution >= 4 is 17.5 Å². The third kappa shape index (κ3) is 3.87. The Kier molecular flexibility index (Phi) is 5.56. The zero-order valence-corrected chi connectivity index (χ0v) is 15.7. The number of halogens is 1. The van der Waals surface area contributed by atoms with E-state index >= 15 is 0 Å². The molecule has 0 spiro atoms. The molecule has 1 unspecified atom stereocenters. The number of hydrogen-bond acceptors (Lipinski definition) is 7. The number of amides is 1. The summed E-state index contributed by atoms with van der Waals surface area (Å²) >= 11 is 6.16. The number of ether oxygens (including phenoxy) is 4. The van der Waals surface area contributed by atoms with Gasteiger partial charge in [-0.3, -0.25) is 4.79 Å². The standard InChI is InChI=1S/C19H20ClNO7/c1-10(22)21-15-16(23)17-14(9-25-18(28-17)13-7-4-8-24-13)27-19(15)26-12-6-3-2-5-11(12)20/h2-8,14-19,23H,9H2,1H3,(H,21,22)/t14-,15-,16-,17-,18?,19-/m1/s1. The van der Waals surface area contributed by atoms with Crippen LogP contribution in [0.4, 0.5) is 0 Å². The molecule has 2 aliphatic rings. The van der Waals surface area contributed by atoms with Crippen molar-refractivity contribution in [3.63, 3.8) is 0 Å². The third-order valence-corrected chi connectivity index (χ3v) is 4.90. The molecule has 2 fully saturated rings. The number of aliphatic hydroxyl groups excluding tert-OH is 1. The number of fused-ring (bicyclic) bond motifs is 1. The van der Waals surface area contributed by atoms with Crippen molar-refractivity contribution in [1.29, 1.82) is 0 Å². The average molecular weight is 410 g/mol. The maximum Gasteiger partial charge on any atom is 0.223 e. The van der Waals surface area contributed by atoms with Crippen molar-refractivity contribution < 1.29 is 33.3 Å². The average Bonchev–Trinajstić information content (AvgIpc) is 3.21. The summed E-state index contributed by atoms with van der Waals surface area (Å²) in [5.74, 6) is 0.519. The minimum atomic E-state index is -1.10. The zero-order valence-electron chi connectivity index (χ0n) is 15.0. The minimum Gasteiger partial charge on any atom is -0.464 e. The molecule has 1 aromatic carbocycles. The molecule has 3 heterocycles. The van der Waals surface area contributed by atoms with E-state index in [2.05, 4.69) is 5.32 Å². The van der Waals surface area contributed by atoms with Crippen LogP contribution >= 0.6 is 11.6 Å². The highest BCUT2D eigenvalue weighted by Crippen LogP contribution is 2.35. The van der Waals surface area contributed by atoms with Gasteiger partial charge in [0.05, 0.1) is 17.9 Å². The molecule has 2 saturated heterocycles. The van der Waals surface area contributed by atoms with E-state index in [0.717, 1.165) is 0 Å². The van der Waals surface area contributed by atoms with Crippen LogP contribution < -0.4 is 10.1 Å². The molecule has 2 N–H and O–H groups in total. The SMILES string of the molecule is CC(=O)N[C@H]1[C@H](Oc2ccccc2Cl)O[C@@H]2COC(c3ccco3)O[C@H]2[C@@H]1O. The van der Waals surface area contributed by atoms with E-state index in [1.165, 1.54) is 13.2 Å². The lowest BCUT2D eigenvalue weighted by atomic mass is 9.96. The molecule has 0 aliphatic carbocycles. The molecule has 2 aliphatic heterocycles. The minimum absolute atomic E-state index is 0.155. The fraction of sp³-hybridized carbons (Fsp3) is 0.421. The monoisotopic (exact) mass is 409 g/mol. The summed E-state index contributed by atoms with van der Waals surface area (Å²) in [6.45, 7) is 1.50. The predicted octanol–water partition coefficient (Wildman–Crippen LogP) is 2.02. The number of nitrogens with one attached hydrogen (secondary N) is 1. The molecule has 8 nitrogen and oxygen atoms in total. The fourth-order valence-corrected chi connectivity index (χ4v) is 3.50. The van der Waals surface area contributed by atoms with E-state index in [-0.39, 0.29) is 12.5 Å². The molecule has 4 rings (SSSR count). The highest BCUT2D eigenvalue weighted by molar-refractivity contribution is 6.32. The maximum absolute atomic E-state index is 11.7. The number of rotatable bonds is 4. The fourth-order valence-electron chi connectivity index (χ4n) is 3.32. The molecular formula is C19H20ClNO7. The van der Waals surface area contributed by atoms with Gasteiger partial charge in [-0.15, -0.1) is 0 Å². The van der Waals surface area contributed by atoms with Gasteiger partial charge >= 0.3 is 0 Å². The third-order valence-electron chi connectivity index (χ3n) is 4.59. The van der Waals surface area contributed by atoms with E-state index in [0.29, 0.717) is 16.5 Å². The number of benzene rings is 1. The van der Waals surface area contributed by atoms with Crippen LogP contribution in [0.3, 0.4) is 0 Å². The van der Waals surface area contributed by atoms with Crippen molar-refractivity contribution in [1.82, 2.24) is 5.32 Å². The number of carbonyl (C=O) groups excluding carboxylic acids is 1. The maximum atomic E-state index is 11.7. The van der Waals surface area contributed by atoms with Crippen LogP contribution in [-0.4, -0.2) is 48.3 Å². The molecule has 9 heteroatoms. The van der Waals surface area contributed by atoms with Gasteiger partial charge in [0, 0.05) is 6.92 Å². The van der Waals surface area contributed by atoms with Crippen LogP contribution in [0.15, 0.2) is 47.1 Å². The Morgan fingerprint density at radius 3 is 2.79 bits per heavy atom. The Morgan fingerprint density at radius 2 is 2.07 bits per heavy atom. The summed E-state index contributed by atoms with van der Waals surface area (Å²) in [6.07, 6.45) is -2.68. The van der Waals surface area contributed by atoms with Gasteiger partial charge in [-0.25, -0.2) is 0 Å². The molecule has 28 heavy (non-hydrogen) atoms. The van der Waals surface area contributed by atoms with Crippen molar-refractivity contribution in [2.45, 2.75) is 43.9 Å². The van der Waals surface area contributed by atoms with Gasteiger partial charge in [-0.05, 0) is 24.3 Å². The van der Waals surface area contributed by atoms with Crippen LogP contribution in [-0.2, 0) is 19.0 Å². The summed E-state index contributed by atoms with van der Waals surface area (Å²) in [5, 5.41) is 14.0. The molecule has 6 atom stereocenters. The lowest BCUT2D eigenvalue weighted by Crippen LogP contribution is -2.67. The lowest BCUT2D eigenvalue weighted by Gasteiger charge is -2.47. The first-order valence-corrected chi connectivity index (χ1v) is 9.23. The molecule has 2 aromatic rings. The Hall–Kier alpha value is -2.10. The van der Waals surface area contributed by atoms with Crippen LogP contribution in [0, 0.1) is 0 Å². The van der Waals surface area contributed by atoms with Gasteiger partial charge in [-0.2, -0.15) is 0 Å². The van der Waals surface area contributed by atoms with E-state index in [4.69, 9.17) is 35.0 Å². The van der Waals surface area contributed by atoms with Crippen LogP contribution in [0.5, 0.6) is 5.75 Å². The van der Waals surface area contributed by atoms with Crippen LogP contribution in [0.25, 0.3) is 0 Å². The second-order valence-corrected chi connectivity index (χ2v) is 7.00. The molecule has 0 saturated carbocycles. The lowest BCUT2D eigenvalue weighted by molar-refractivity contribution is -0.336. The molecular weight excluding hydrogens is 390 g/mol. The topological polar surface area (TPSA) is 99.4 Å². The van der Waals surface area contributed by atoms with Crippen molar-refractivity contribution in [3.8, 4) is 5.75 Å². The Labute approximate surface area is 166 Å². The summed E-state index contributed by atoms with van der Waals surface area (Å²) in [5.41, 5.74) is 0.